The molecule has 38 valence electrons. The first-order chi connectivity index (χ1) is 3.43. The molecule has 1 rings (SSSR count). The molecule has 4 nitrogen and oxygen atoms in total. The summed E-state index contributed by atoms with van der Waals surface area (Å²) >= 11 is 0. The van der Waals surface area contributed by atoms with Crippen LogP contribution in [0.25, 0.3) is 0 Å². The van der Waals surface area contributed by atoms with Crippen LogP contribution in [0.15, 0.2) is 12.7 Å². The minimum Gasteiger partial charge on any atom is -0.376 e. The summed E-state index contributed by atoms with van der Waals surface area (Å²) in [7, 11) is 0. The molecule has 0 fully saturated rings. The Balaban J connectivity index is 2.76. The highest BCUT2D eigenvalue weighted by Crippen LogP contribution is 1.74. The Kier molecular flexibility index (Phi) is 1.04. The molecule has 0 bridgehead atoms. The number of aliphatic hydroxyl groups excluding tert-OH is 1. The molecule has 0 amide bonds. The third-order valence-corrected chi connectivity index (χ3v) is 0.630. The Bertz CT molecular complexity index is 125. The van der Waals surface area contributed by atoms with Crippen molar-refractivity contribution in [1.82, 2.24) is 14.8 Å². The lowest BCUT2D eigenvalue weighted by atomic mass is 11.0. The Hall–Kier alpha value is -0.900. The minimum absolute atomic E-state index is 0.0486. The fraction of sp³-hybridized carbons (Fsp3) is 0.333. The Morgan fingerprint density at radius 1 is 1.43 bits per heavy atom. The number of aromatic nitrogens is 3. The van der Waals surface area contributed by atoms with Crippen LogP contribution in [0, 0.1) is 0 Å². The van der Waals surface area contributed by atoms with E-state index in [2.05, 4.69) is 10.2 Å². The molecular formula is C3H5N3O. The lowest BCUT2D eigenvalue weighted by Crippen LogP contribution is -1.89. The molecular weight excluding hydrogens is 94.1 g/mol. The molecule has 0 saturated heterocycles. The molecule has 1 aromatic rings. The SMILES string of the molecule is OCn1cnnc1. The van der Waals surface area contributed by atoms with Crippen LogP contribution in [0.4, 0.5) is 0 Å². The van der Waals surface area contributed by atoms with E-state index in [4.69, 9.17) is 5.11 Å². The van der Waals surface area contributed by atoms with Crippen molar-refractivity contribution in [3.05, 3.63) is 12.7 Å². The van der Waals surface area contributed by atoms with E-state index in [9.17, 15) is 0 Å². The molecule has 0 radical (unpaired) electrons. The molecule has 0 atom stereocenters. The van der Waals surface area contributed by atoms with E-state index in [1.54, 1.807) is 0 Å². The fourth-order valence-corrected chi connectivity index (χ4v) is 0.295. The van der Waals surface area contributed by atoms with Gasteiger partial charge in [-0.15, -0.1) is 10.2 Å². The van der Waals surface area contributed by atoms with E-state index in [0.29, 0.717) is 0 Å². The lowest BCUT2D eigenvalue weighted by molar-refractivity contribution is 0.210. The first kappa shape index (κ1) is 4.26. The average molecular weight is 99.1 g/mol. The Morgan fingerprint density at radius 2 is 2.00 bits per heavy atom. The minimum atomic E-state index is -0.0486. The third kappa shape index (κ3) is 0.747. The lowest BCUT2D eigenvalue weighted by Gasteiger charge is -1.85. The Morgan fingerprint density at radius 3 is 2.29 bits per heavy atom. The monoisotopic (exact) mass is 99.0 g/mol. The van der Waals surface area contributed by atoms with Crippen LogP contribution in [0.3, 0.4) is 0 Å². The maximum absolute atomic E-state index is 8.31. The van der Waals surface area contributed by atoms with Crippen molar-refractivity contribution < 1.29 is 5.11 Å². The molecule has 0 spiro atoms. The van der Waals surface area contributed by atoms with Crippen LogP contribution in [-0.4, -0.2) is 19.9 Å². The van der Waals surface area contributed by atoms with Gasteiger partial charge in [0.25, 0.3) is 0 Å². The van der Waals surface area contributed by atoms with Crippen LogP contribution in [0.5, 0.6) is 0 Å². The summed E-state index contributed by atoms with van der Waals surface area (Å²) in [6, 6.07) is 0. The topological polar surface area (TPSA) is 50.9 Å². The largest absolute Gasteiger partial charge is 0.376 e. The zero-order chi connectivity index (χ0) is 5.11. The van der Waals surface area contributed by atoms with Gasteiger partial charge in [0.15, 0.2) is 0 Å². The number of hydrogen-bond donors (Lipinski definition) is 1. The number of aliphatic hydroxyl groups is 1. The van der Waals surface area contributed by atoms with Gasteiger partial charge in [-0.2, -0.15) is 0 Å². The molecule has 0 aliphatic heterocycles. The van der Waals surface area contributed by atoms with Crippen molar-refractivity contribution in [2.24, 2.45) is 0 Å². The third-order valence-electron chi connectivity index (χ3n) is 0.630. The van der Waals surface area contributed by atoms with Crippen molar-refractivity contribution in [2.75, 3.05) is 0 Å². The van der Waals surface area contributed by atoms with Crippen molar-refractivity contribution in [3.8, 4) is 0 Å². The summed E-state index contributed by atoms with van der Waals surface area (Å²) in [5, 5.41) is 15.2. The van der Waals surface area contributed by atoms with Crippen molar-refractivity contribution in [2.45, 2.75) is 6.73 Å². The van der Waals surface area contributed by atoms with E-state index in [-0.39, 0.29) is 6.73 Å². The molecule has 0 saturated carbocycles. The van der Waals surface area contributed by atoms with Gasteiger partial charge in [0.1, 0.15) is 19.4 Å². The summed E-state index contributed by atoms with van der Waals surface area (Å²) in [4.78, 5) is 0. The molecule has 4 heteroatoms. The first-order valence-corrected chi connectivity index (χ1v) is 1.87. The molecule has 0 aliphatic rings. The zero-order valence-corrected chi connectivity index (χ0v) is 3.65. The highest BCUT2D eigenvalue weighted by Gasteiger charge is 1.79. The Labute approximate surface area is 40.4 Å². The molecule has 1 heterocycles. The van der Waals surface area contributed by atoms with E-state index in [1.165, 1.54) is 17.2 Å². The van der Waals surface area contributed by atoms with Gasteiger partial charge in [-0.1, -0.05) is 0 Å². The van der Waals surface area contributed by atoms with Gasteiger partial charge < -0.3 is 5.11 Å². The van der Waals surface area contributed by atoms with Gasteiger partial charge in [-0.25, -0.2) is 0 Å². The second kappa shape index (κ2) is 1.70. The van der Waals surface area contributed by atoms with E-state index < -0.39 is 0 Å². The summed E-state index contributed by atoms with van der Waals surface area (Å²) in [6.45, 7) is -0.0486. The first-order valence-electron chi connectivity index (χ1n) is 1.87. The quantitative estimate of drug-likeness (QED) is 0.503. The highest BCUT2D eigenvalue weighted by atomic mass is 16.3. The van der Waals surface area contributed by atoms with E-state index in [0.717, 1.165) is 0 Å². The second-order valence-electron chi connectivity index (χ2n) is 1.12. The maximum atomic E-state index is 8.31. The maximum Gasteiger partial charge on any atom is 0.122 e. The number of rotatable bonds is 1. The van der Waals surface area contributed by atoms with Gasteiger partial charge in [-0.05, 0) is 0 Å². The average Bonchev–Trinajstić information content (AvgIpc) is 2.14. The summed E-state index contributed by atoms with van der Waals surface area (Å²) in [6.07, 6.45) is 2.89. The van der Waals surface area contributed by atoms with Gasteiger partial charge in [0.05, 0.1) is 0 Å². The summed E-state index contributed by atoms with van der Waals surface area (Å²) < 4.78 is 1.46. The summed E-state index contributed by atoms with van der Waals surface area (Å²) in [5.74, 6) is 0. The van der Waals surface area contributed by atoms with Crippen LogP contribution in [0.1, 0.15) is 0 Å². The van der Waals surface area contributed by atoms with Gasteiger partial charge in [-0.3, -0.25) is 4.57 Å². The van der Waals surface area contributed by atoms with Gasteiger partial charge in [0, 0.05) is 0 Å². The standard InChI is InChI=1S/C3H5N3O/c7-3-6-1-4-5-2-6/h1-2,7H,3H2. The molecule has 0 aliphatic carbocycles. The van der Waals surface area contributed by atoms with Crippen molar-refractivity contribution >= 4 is 0 Å². The van der Waals surface area contributed by atoms with Crippen molar-refractivity contribution in [3.63, 3.8) is 0 Å². The predicted octanol–water partition coefficient (Wildman–Crippen LogP) is -0.772. The van der Waals surface area contributed by atoms with Crippen LogP contribution in [-0.2, 0) is 6.73 Å². The molecule has 0 aromatic carbocycles. The smallest absolute Gasteiger partial charge is 0.122 e. The summed E-state index contributed by atoms with van der Waals surface area (Å²) in [5.41, 5.74) is 0. The van der Waals surface area contributed by atoms with Crippen LogP contribution in [0.2, 0.25) is 0 Å². The van der Waals surface area contributed by atoms with E-state index in [1.807, 2.05) is 0 Å². The molecule has 7 heavy (non-hydrogen) atoms. The predicted molar refractivity (Wildman–Crippen MR) is 22.2 cm³/mol. The van der Waals surface area contributed by atoms with Crippen LogP contribution >= 0.6 is 0 Å². The zero-order valence-electron chi connectivity index (χ0n) is 3.65. The van der Waals surface area contributed by atoms with Crippen molar-refractivity contribution in [1.29, 1.82) is 0 Å². The number of nitrogens with zero attached hydrogens (tertiary/aromatic N) is 3. The second-order valence-corrected chi connectivity index (χ2v) is 1.12. The number of hydrogen-bond acceptors (Lipinski definition) is 3. The fourth-order valence-electron chi connectivity index (χ4n) is 0.295. The van der Waals surface area contributed by atoms with Gasteiger partial charge >= 0.3 is 0 Å². The van der Waals surface area contributed by atoms with Gasteiger partial charge in [0.2, 0.25) is 0 Å². The van der Waals surface area contributed by atoms with E-state index >= 15 is 0 Å². The highest BCUT2D eigenvalue weighted by molar-refractivity contribution is 4.54. The molecule has 1 N–H and O–H groups in total. The molecule has 0 unspecified atom stereocenters. The normalized spacial score (nSPS) is 9.29. The van der Waals surface area contributed by atoms with Crippen LogP contribution < -0.4 is 0 Å². The molecule has 1 aromatic heterocycles.